The molecule has 0 amide bonds. The standard InChI is InChI=1S/C9H10O.C8H7FO.C2H6/c1-7-3-5-9(6-4-7)8(2)10;1-6(10)7-2-4-8(9)5-3-7;1-2/h3-6H,1-2H3;2-5H,1H3;1-2H3. The average molecular weight is 302 g/mol. The molecule has 0 aliphatic heterocycles. The van der Waals surface area contributed by atoms with Crippen molar-refractivity contribution in [1.29, 1.82) is 0 Å². The van der Waals surface area contributed by atoms with Crippen LogP contribution in [0.2, 0.25) is 0 Å². The molecule has 0 aliphatic carbocycles. The minimum absolute atomic E-state index is 0.0417. The van der Waals surface area contributed by atoms with E-state index < -0.39 is 0 Å². The van der Waals surface area contributed by atoms with Gasteiger partial charge in [-0.15, -0.1) is 0 Å². The van der Waals surface area contributed by atoms with E-state index in [4.69, 9.17) is 0 Å². The Bertz CT molecular complexity index is 528. The maximum atomic E-state index is 12.2. The Morgan fingerprint density at radius 3 is 1.36 bits per heavy atom. The minimum Gasteiger partial charge on any atom is -0.295 e. The van der Waals surface area contributed by atoms with Gasteiger partial charge in [-0.1, -0.05) is 43.7 Å². The number of carbonyl (C=O) groups excluding carboxylic acids is 2. The summed E-state index contributed by atoms with van der Waals surface area (Å²) in [5, 5.41) is 0. The van der Waals surface area contributed by atoms with Gasteiger partial charge < -0.3 is 0 Å². The van der Waals surface area contributed by atoms with Crippen LogP contribution < -0.4 is 0 Å². The Balaban J connectivity index is 0.000000360. The molecule has 0 unspecified atom stereocenters. The number of hydrogen-bond acceptors (Lipinski definition) is 2. The molecule has 0 saturated carbocycles. The van der Waals surface area contributed by atoms with E-state index in [1.54, 1.807) is 6.92 Å². The van der Waals surface area contributed by atoms with Gasteiger partial charge in [0, 0.05) is 11.1 Å². The van der Waals surface area contributed by atoms with Gasteiger partial charge in [0.15, 0.2) is 11.6 Å². The fourth-order valence-corrected chi connectivity index (χ4v) is 1.47. The zero-order valence-electron chi connectivity index (χ0n) is 13.8. The third kappa shape index (κ3) is 7.48. The summed E-state index contributed by atoms with van der Waals surface area (Å²) in [6, 6.07) is 13.1. The molecule has 0 saturated heterocycles. The molecule has 118 valence electrons. The first kappa shape index (κ1) is 19.7. The normalized spacial score (nSPS) is 8.82. The lowest BCUT2D eigenvalue weighted by atomic mass is 10.1. The van der Waals surface area contributed by atoms with Crippen LogP contribution in [0.25, 0.3) is 0 Å². The van der Waals surface area contributed by atoms with Crippen molar-refractivity contribution >= 4 is 11.6 Å². The molecule has 2 aromatic carbocycles. The molecule has 0 bridgehead atoms. The highest BCUT2D eigenvalue weighted by atomic mass is 19.1. The fraction of sp³-hybridized carbons (Fsp3) is 0.263. The highest BCUT2D eigenvalue weighted by Crippen LogP contribution is 2.03. The number of benzene rings is 2. The summed E-state index contributed by atoms with van der Waals surface area (Å²) in [5.74, 6) is -0.231. The van der Waals surface area contributed by atoms with Crippen LogP contribution >= 0.6 is 0 Å². The van der Waals surface area contributed by atoms with Crippen LogP contribution in [0.4, 0.5) is 4.39 Å². The molecular formula is C19H23FO2. The van der Waals surface area contributed by atoms with Crippen molar-refractivity contribution in [3.05, 3.63) is 71.0 Å². The lowest BCUT2D eigenvalue weighted by molar-refractivity contribution is 0.100. The maximum absolute atomic E-state index is 12.2. The number of Topliss-reactive ketones (excluding diaryl/α,β-unsaturated/α-hetero) is 2. The van der Waals surface area contributed by atoms with E-state index in [1.165, 1.54) is 36.8 Å². The predicted octanol–water partition coefficient (Wildman–Crippen LogP) is 5.25. The second-order valence-corrected chi connectivity index (χ2v) is 4.49. The molecule has 0 atom stereocenters. The molecule has 0 N–H and O–H groups in total. The van der Waals surface area contributed by atoms with Crippen molar-refractivity contribution in [3.8, 4) is 0 Å². The zero-order chi connectivity index (χ0) is 17.1. The first-order valence-corrected chi connectivity index (χ1v) is 7.24. The first-order chi connectivity index (χ1) is 10.4. The van der Waals surface area contributed by atoms with E-state index in [0.29, 0.717) is 5.56 Å². The van der Waals surface area contributed by atoms with Crippen molar-refractivity contribution in [2.24, 2.45) is 0 Å². The van der Waals surface area contributed by atoms with Gasteiger partial charge in [0.05, 0.1) is 0 Å². The van der Waals surface area contributed by atoms with Crippen molar-refractivity contribution in [2.45, 2.75) is 34.6 Å². The van der Waals surface area contributed by atoms with Crippen molar-refractivity contribution < 1.29 is 14.0 Å². The number of rotatable bonds is 2. The summed E-state index contributed by atoms with van der Waals surface area (Å²) >= 11 is 0. The molecule has 2 aromatic rings. The van der Waals surface area contributed by atoms with E-state index in [2.05, 4.69) is 0 Å². The molecule has 0 radical (unpaired) electrons. The zero-order valence-corrected chi connectivity index (χ0v) is 13.8. The topological polar surface area (TPSA) is 34.1 Å². The maximum Gasteiger partial charge on any atom is 0.159 e. The van der Waals surface area contributed by atoms with Crippen LogP contribution in [0.1, 0.15) is 54.0 Å². The van der Waals surface area contributed by atoms with E-state index in [1.807, 2.05) is 45.0 Å². The quantitative estimate of drug-likeness (QED) is 0.710. The van der Waals surface area contributed by atoms with Crippen molar-refractivity contribution in [3.63, 3.8) is 0 Å². The third-order valence-corrected chi connectivity index (χ3v) is 2.71. The molecule has 0 aliphatic rings. The second kappa shape index (κ2) is 10.4. The highest BCUT2D eigenvalue weighted by molar-refractivity contribution is 5.94. The third-order valence-electron chi connectivity index (χ3n) is 2.71. The highest BCUT2D eigenvalue weighted by Gasteiger charge is 1.96. The summed E-state index contributed by atoms with van der Waals surface area (Å²) in [5.41, 5.74) is 2.51. The van der Waals surface area contributed by atoms with E-state index in [0.717, 1.165) is 5.56 Å². The van der Waals surface area contributed by atoms with Crippen LogP contribution in [0.15, 0.2) is 48.5 Å². The van der Waals surface area contributed by atoms with Crippen LogP contribution in [-0.2, 0) is 0 Å². The molecule has 22 heavy (non-hydrogen) atoms. The lowest BCUT2D eigenvalue weighted by Crippen LogP contribution is -1.90. The number of ketones is 2. The average Bonchev–Trinajstić information content (AvgIpc) is 2.51. The van der Waals surface area contributed by atoms with Gasteiger partial charge in [-0.05, 0) is 45.0 Å². The van der Waals surface area contributed by atoms with Crippen LogP contribution in [0.5, 0.6) is 0 Å². The molecule has 3 heteroatoms. The van der Waals surface area contributed by atoms with Crippen molar-refractivity contribution in [2.75, 3.05) is 0 Å². The van der Waals surface area contributed by atoms with Gasteiger partial charge in [0.1, 0.15) is 5.82 Å². The number of aryl methyl sites for hydroxylation is 1. The molecule has 0 spiro atoms. The molecular weight excluding hydrogens is 279 g/mol. The van der Waals surface area contributed by atoms with E-state index in [-0.39, 0.29) is 17.4 Å². The molecule has 0 aromatic heterocycles. The lowest BCUT2D eigenvalue weighted by Gasteiger charge is -1.93. The summed E-state index contributed by atoms with van der Waals surface area (Å²) in [6.45, 7) is 9.03. The monoisotopic (exact) mass is 302 g/mol. The van der Waals surface area contributed by atoms with Gasteiger partial charge in [-0.3, -0.25) is 9.59 Å². The number of halogens is 1. The molecule has 2 rings (SSSR count). The second-order valence-electron chi connectivity index (χ2n) is 4.49. The van der Waals surface area contributed by atoms with E-state index >= 15 is 0 Å². The summed E-state index contributed by atoms with van der Waals surface area (Å²) in [6.07, 6.45) is 0. The van der Waals surface area contributed by atoms with Gasteiger partial charge in [0.2, 0.25) is 0 Å². The van der Waals surface area contributed by atoms with E-state index in [9.17, 15) is 14.0 Å². The summed E-state index contributed by atoms with van der Waals surface area (Å²) < 4.78 is 12.2. The Morgan fingerprint density at radius 1 is 0.727 bits per heavy atom. The van der Waals surface area contributed by atoms with Crippen molar-refractivity contribution in [1.82, 2.24) is 0 Å². The van der Waals surface area contributed by atoms with Gasteiger partial charge in [-0.25, -0.2) is 4.39 Å². The summed E-state index contributed by atoms with van der Waals surface area (Å²) in [7, 11) is 0. The number of carbonyl (C=O) groups is 2. The minimum atomic E-state index is -0.315. The summed E-state index contributed by atoms with van der Waals surface area (Å²) in [4.78, 5) is 21.4. The molecule has 0 fully saturated rings. The van der Waals surface area contributed by atoms with Crippen LogP contribution in [-0.4, -0.2) is 11.6 Å². The van der Waals surface area contributed by atoms with Gasteiger partial charge in [-0.2, -0.15) is 0 Å². The fourth-order valence-electron chi connectivity index (χ4n) is 1.47. The smallest absolute Gasteiger partial charge is 0.159 e. The number of hydrogen-bond donors (Lipinski definition) is 0. The Kier molecular flexibility index (Phi) is 9.35. The first-order valence-electron chi connectivity index (χ1n) is 7.24. The molecule has 2 nitrogen and oxygen atoms in total. The Hall–Kier alpha value is -2.29. The SMILES string of the molecule is CC.CC(=O)c1ccc(C)cc1.CC(=O)c1ccc(F)cc1. The Labute approximate surface area is 132 Å². The molecule has 0 heterocycles. The predicted molar refractivity (Wildman–Crippen MR) is 88.9 cm³/mol. The van der Waals surface area contributed by atoms with Gasteiger partial charge in [0.25, 0.3) is 0 Å². The van der Waals surface area contributed by atoms with Crippen LogP contribution in [0.3, 0.4) is 0 Å². The van der Waals surface area contributed by atoms with Gasteiger partial charge >= 0.3 is 0 Å². The Morgan fingerprint density at radius 2 is 1.05 bits per heavy atom. The van der Waals surface area contributed by atoms with Crippen LogP contribution in [0, 0.1) is 12.7 Å². The largest absolute Gasteiger partial charge is 0.295 e.